The molecule has 1 aliphatic heterocycles. The molecule has 1 fully saturated rings. The third-order valence-corrected chi connectivity index (χ3v) is 7.92. The Labute approximate surface area is 164 Å². The van der Waals surface area contributed by atoms with Gasteiger partial charge in [-0.3, -0.25) is 4.79 Å². The summed E-state index contributed by atoms with van der Waals surface area (Å²) in [5.74, 6) is -0.262. The molecule has 0 saturated carbocycles. The molecule has 1 amide bonds. The number of fused-ring (bicyclic) bond motifs is 5. The summed E-state index contributed by atoms with van der Waals surface area (Å²) in [6.45, 7) is 1.91. The van der Waals surface area contributed by atoms with E-state index in [1.54, 1.807) is 24.3 Å². The highest BCUT2D eigenvalue weighted by Crippen LogP contribution is 2.49. The molecule has 0 spiro atoms. The molecule has 2 atom stereocenters. The van der Waals surface area contributed by atoms with Crippen molar-refractivity contribution in [2.24, 2.45) is 5.92 Å². The van der Waals surface area contributed by atoms with Crippen LogP contribution < -0.4 is 0 Å². The van der Waals surface area contributed by atoms with E-state index >= 15 is 0 Å². The van der Waals surface area contributed by atoms with Gasteiger partial charge in [-0.1, -0.05) is 54.1 Å². The van der Waals surface area contributed by atoms with Crippen molar-refractivity contribution >= 4 is 26.7 Å². The van der Waals surface area contributed by atoms with Crippen LogP contribution in [0.5, 0.6) is 0 Å². The first kappa shape index (κ1) is 17.4. The Morgan fingerprint density at radius 3 is 2.50 bits per heavy atom. The van der Waals surface area contributed by atoms with E-state index in [1.165, 1.54) is 4.31 Å². The fourth-order valence-electron chi connectivity index (χ4n) is 4.74. The van der Waals surface area contributed by atoms with Gasteiger partial charge in [0.15, 0.2) is 0 Å². The maximum absolute atomic E-state index is 13.5. The molecule has 5 rings (SSSR count). The minimum absolute atomic E-state index is 0.0334. The lowest BCUT2D eigenvalue weighted by Gasteiger charge is -2.34. The zero-order valence-electron chi connectivity index (χ0n) is 15.6. The van der Waals surface area contributed by atoms with Crippen LogP contribution in [0.3, 0.4) is 0 Å². The summed E-state index contributed by atoms with van der Waals surface area (Å²) in [6, 6.07) is 18.5. The third-order valence-electron chi connectivity index (χ3n) is 6.10. The van der Waals surface area contributed by atoms with Crippen LogP contribution in [0.2, 0.25) is 0 Å². The maximum atomic E-state index is 13.5. The van der Waals surface area contributed by atoms with Gasteiger partial charge in [0, 0.05) is 6.42 Å². The second kappa shape index (κ2) is 6.17. The molecule has 0 aromatic heterocycles. The smallest absolute Gasteiger partial charge is 0.267 e. The minimum atomic E-state index is -3.90. The lowest BCUT2D eigenvalue weighted by atomic mass is 9.78. The van der Waals surface area contributed by atoms with Gasteiger partial charge in [-0.25, -0.2) is 12.7 Å². The van der Waals surface area contributed by atoms with E-state index in [2.05, 4.69) is 12.1 Å². The first-order chi connectivity index (χ1) is 13.5. The van der Waals surface area contributed by atoms with Gasteiger partial charge in [0.05, 0.1) is 10.9 Å². The van der Waals surface area contributed by atoms with E-state index in [9.17, 15) is 13.2 Å². The summed E-state index contributed by atoms with van der Waals surface area (Å²) >= 11 is 0. The van der Waals surface area contributed by atoms with Crippen molar-refractivity contribution in [1.82, 2.24) is 4.31 Å². The van der Waals surface area contributed by atoms with Crippen LogP contribution in [-0.2, 0) is 21.2 Å². The van der Waals surface area contributed by atoms with E-state index in [1.807, 2.05) is 31.2 Å². The number of amides is 1. The monoisotopic (exact) mass is 391 g/mol. The fourth-order valence-corrected chi connectivity index (χ4v) is 6.37. The number of hydrogen-bond donors (Lipinski definition) is 0. The van der Waals surface area contributed by atoms with Gasteiger partial charge in [-0.05, 0) is 59.7 Å². The summed E-state index contributed by atoms with van der Waals surface area (Å²) in [4.78, 5) is 13.1. The lowest BCUT2D eigenvalue weighted by molar-refractivity contribution is -0.124. The van der Waals surface area contributed by atoms with Gasteiger partial charge in [0.2, 0.25) is 5.91 Å². The van der Waals surface area contributed by atoms with Crippen LogP contribution in [0, 0.1) is 12.8 Å². The fraction of sp³-hybridized carbons (Fsp3) is 0.261. The maximum Gasteiger partial charge on any atom is 0.267 e. The van der Waals surface area contributed by atoms with Crippen molar-refractivity contribution in [3.8, 4) is 0 Å². The number of sulfonamides is 1. The molecule has 1 aliphatic carbocycles. The molecular weight excluding hydrogens is 370 g/mol. The molecule has 0 radical (unpaired) electrons. The largest absolute Gasteiger partial charge is 0.274 e. The van der Waals surface area contributed by atoms with Crippen LogP contribution >= 0.6 is 0 Å². The first-order valence-electron chi connectivity index (χ1n) is 9.61. The zero-order valence-corrected chi connectivity index (χ0v) is 16.4. The van der Waals surface area contributed by atoms with Gasteiger partial charge < -0.3 is 0 Å². The van der Waals surface area contributed by atoms with E-state index < -0.39 is 16.1 Å². The van der Waals surface area contributed by atoms with Crippen molar-refractivity contribution in [3.63, 3.8) is 0 Å². The molecule has 3 aromatic rings. The second-order valence-corrected chi connectivity index (χ2v) is 9.63. The number of carbonyl (C=O) groups excluding carboxylic acids is 1. The van der Waals surface area contributed by atoms with Gasteiger partial charge >= 0.3 is 0 Å². The van der Waals surface area contributed by atoms with Crippen molar-refractivity contribution in [2.45, 2.75) is 37.1 Å². The minimum Gasteiger partial charge on any atom is -0.274 e. The summed E-state index contributed by atoms with van der Waals surface area (Å²) in [7, 11) is -3.90. The van der Waals surface area contributed by atoms with E-state index in [0.717, 1.165) is 40.3 Å². The highest BCUT2D eigenvalue weighted by molar-refractivity contribution is 7.89. The summed E-state index contributed by atoms with van der Waals surface area (Å²) in [6.07, 6.45) is 2.01. The summed E-state index contributed by atoms with van der Waals surface area (Å²) < 4.78 is 28.1. The third kappa shape index (κ3) is 2.49. The van der Waals surface area contributed by atoms with Gasteiger partial charge in [-0.15, -0.1) is 0 Å². The highest BCUT2D eigenvalue weighted by Gasteiger charge is 2.49. The summed E-state index contributed by atoms with van der Waals surface area (Å²) in [5.41, 5.74) is 3.15. The topological polar surface area (TPSA) is 54.5 Å². The highest BCUT2D eigenvalue weighted by atomic mass is 32.2. The molecule has 2 aliphatic rings. The Balaban J connectivity index is 1.72. The normalized spacial score (nSPS) is 21.6. The van der Waals surface area contributed by atoms with Crippen molar-refractivity contribution in [3.05, 3.63) is 77.4 Å². The lowest BCUT2D eigenvalue weighted by Crippen LogP contribution is -2.36. The van der Waals surface area contributed by atoms with Crippen molar-refractivity contribution in [1.29, 1.82) is 0 Å². The van der Waals surface area contributed by atoms with Gasteiger partial charge in [0.1, 0.15) is 0 Å². The average molecular weight is 391 g/mol. The van der Waals surface area contributed by atoms with Crippen LogP contribution in [0.1, 0.15) is 35.6 Å². The SMILES string of the molecule is Cc1ccc(S(=O)(=O)N2C(=O)C[C@H]3CCc4ccc5ccccc5c4[C@H]32)cc1. The Hall–Kier alpha value is -2.66. The average Bonchev–Trinajstić information content (AvgIpc) is 3.04. The summed E-state index contributed by atoms with van der Waals surface area (Å²) in [5, 5.41) is 2.13. The van der Waals surface area contributed by atoms with E-state index in [4.69, 9.17) is 0 Å². The standard InChI is InChI=1S/C23H21NO3S/c1-15-6-12-19(13-7-15)28(26,27)24-21(25)14-18-11-10-17-9-8-16-4-2-3-5-20(16)22(17)23(18)24/h2-9,12-13,18,23H,10-11,14H2,1H3/t18-,23+/m1/s1. The first-order valence-corrected chi connectivity index (χ1v) is 11.1. The number of carbonyl (C=O) groups is 1. The number of nitrogens with zero attached hydrogens (tertiary/aromatic N) is 1. The Morgan fingerprint density at radius 2 is 1.71 bits per heavy atom. The second-order valence-electron chi connectivity index (χ2n) is 7.81. The predicted molar refractivity (Wildman–Crippen MR) is 108 cm³/mol. The molecule has 142 valence electrons. The van der Waals surface area contributed by atoms with Crippen LogP contribution in [0.4, 0.5) is 0 Å². The molecule has 0 unspecified atom stereocenters. The number of hydrogen-bond acceptors (Lipinski definition) is 3. The molecule has 1 saturated heterocycles. The molecule has 3 aromatic carbocycles. The van der Waals surface area contributed by atoms with Crippen LogP contribution in [-0.4, -0.2) is 18.6 Å². The molecule has 4 nitrogen and oxygen atoms in total. The van der Waals surface area contributed by atoms with E-state index in [0.29, 0.717) is 6.42 Å². The molecule has 28 heavy (non-hydrogen) atoms. The Bertz CT molecular complexity index is 1200. The zero-order chi connectivity index (χ0) is 19.5. The van der Waals surface area contributed by atoms with Crippen LogP contribution in [0.15, 0.2) is 65.6 Å². The quantitative estimate of drug-likeness (QED) is 0.652. The van der Waals surface area contributed by atoms with E-state index in [-0.39, 0.29) is 16.7 Å². The molecule has 0 N–H and O–H groups in total. The predicted octanol–water partition coefficient (Wildman–Crippen LogP) is 4.37. The number of aryl methyl sites for hydroxylation is 2. The number of benzene rings is 3. The van der Waals surface area contributed by atoms with Gasteiger partial charge in [0.25, 0.3) is 10.0 Å². The molecule has 5 heteroatoms. The Kier molecular flexibility index (Phi) is 3.85. The van der Waals surface area contributed by atoms with Gasteiger partial charge in [-0.2, -0.15) is 0 Å². The molecule has 0 bridgehead atoms. The Morgan fingerprint density at radius 1 is 0.964 bits per heavy atom. The van der Waals surface area contributed by atoms with Crippen molar-refractivity contribution < 1.29 is 13.2 Å². The number of rotatable bonds is 2. The van der Waals surface area contributed by atoms with Crippen LogP contribution in [0.25, 0.3) is 10.8 Å². The van der Waals surface area contributed by atoms with Crippen molar-refractivity contribution in [2.75, 3.05) is 0 Å². The molecule has 1 heterocycles. The molecular formula is C23H21NO3S.